The van der Waals surface area contributed by atoms with Gasteiger partial charge in [-0.05, 0) is 18.2 Å². The second-order valence-electron chi connectivity index (χ2n) is 4.31. The Bertz CT molecular complexity index is 766. The van der Waals surface area contributed by atoms with Gasteiger partial charge in [0.1, 0.15) is 0 Å². The Hall–Kier alpha value is -2.46. The Morgan fingerprint density at radius 2 is 1.65 bits per heavy atom. The lowest BCUT2D eigenvalue weighted by molar-refractivity contribution is 0.262. The van der Waals surface area contributed by atoms with Gasteiger partial charge in [-0.3, -0.25) is 0 Å². The Balaban J connectivity index is 1.78. The smallest absolute Gasteiger partial charge is 0.323 e. The fourth-order valence-corrected chi connectivity index (χ4v) is 2.20. The van der Waals surface area contributed by atoms with Crippen LogP contribution in [0.3, 0.4) is 0 Å². The minimum atomic E-state index is -0.331. The van der Waals surface area contributed by atoms with E-state index in [1.807, 2.05) is 36.4 Å². The van der Waals surface area contributed by atoms with Crippen molar-refractivity contribution in [2.75, 3.05) is 10.6 Å². The third kappa shape index (κ3) is 2.46. The van der Waals surface area contributed by atoms with E-state index in [0.717, 1.165) is 16.6 Å². The summed E-state index contributed by atoms with van der Waals surface area (Å²) in [7, 11) is 0. The molecule has 1 aromatic heterocycles. The third-order valence-corrected chi connectivity index (χ3v) is 3.29. The fraction of sp³-hybridized carbons (Fsp3) is 0. The van der Waals surface area contributed by atoms with Gasteiger partial charge in [-0.1, -0.05) is 41.9 Å². The summed E-state index contributed by atoms with van der Waals surface area (Å²) in [4.78, 5) is 15.1. The van der Waals surface area contributed by atoms with Crippen LogP contribution in [0.15, 0.2) is 54.7 Å². The molecule has 20 heavy (non-hydrogen) atoms. The minimum Gasteiger partial charge on any atom is -0.359 e. The van der Waals surface area contributed by atoms with E-state index >= 15 is 0 Å². The molecule has 0 spiro atoms. The molecule has 0 radical (unpaired) electrons. The molecular formula is C15H12ClN3O. The summed E-state index contributed by atoms with van der Waals surface area (Å²) < 4.78 is 0. The lowest BCUT2D eigenvalue weighted by Crippen LogP contribution is -2.19. The maximum Gasteiger partial charge on any atom is 0.323 e. The van der Waals surface area contributed by atoms with Crippen LogP contribution in [0.1, 0.15) is 0 Å². The average molecular weight is 286 g/mol. The number of hydrogen-bond acceptors (Lipinski definition) is 1. The molecule has 0 aliphatic rings. The van der Waals surface area contributed by atoms with E-state index < -0.39 is 0 Å². The van der Waals surface area contributed by atoms with Gasteiger partial charge in [-0.2, -0.15) is 0 Å². The van der Waals surface area contributed by atoms with Crippen LogP contribution < -0.4 is 10.6 Å². The monoisotopic (exact) mass is 285 g/mol. The van der Waals surface area contributed by atoms with E-state index in [4.69, 9.17) is 11.6 Å². The third-order valence-electron chi connectivity index (χ3n) is 2.96. The van der Waals surface area contributed by atoms with Gasteiger partial charge in [0.2, 0.25) is 0 Å². The van der Waals surface area contributed by atoms with Crippen molar-refractivity contribution in [1.29, 1.82) is 0 Å². The number of rotatable bonds is 2. The lowest BCUT2D eigenvalue weighted by Gasteiger charge is -2.08. The lowest BCUT2D eigenvalue weighted by atomic mass is 10.2. The van der Waals surface area contributed by atoms with Crippen molar-refractivity contribution >= 4 is 39.9 Å². The number of carbonyl (C=O) groups is 1. The number of hydrogen-bond donors (Lipinski definition) is 3. The topological polar surface area (TPSA) is 56.9 Å². The number of nitrogens with one attached hydrogen (secondary N) is 3. The van der Waals surface area contributed by atoms with Gasteiger partial charge < -0.3 is 15.6 Å². The normalized spacial score (nSPS) is 10.4. The van der Waals surface area contributed by atoms with Crippen LogP contribution in [0.25, 0.3) is 10.9 Å². The Morgan fingerprint density at radius 3 is 2.50 bits per heavy atom. The SMILES string of the molecule is O=C(Nc1ccccc1Cl)Nc1c[nH]c2ccccc12. The number of para-hydroxylation sites is 2. The van der Waals surface area contributed by atoms with Crippen LogP contribution in [0.5, 0.6) is 0 Å². The van der Waals surface area contributed by atoms with Crippen LogP contribution >= 0.6 is 11.6 Å². The van der Waals surface area contributed by atoms with Crippen molar-refractivity contribution in [1.82, 2.24) is 4.98 Å². The second kappa shape index (κ2) is 5.27. The number of carbonyl (C=O) groups excluding carboxylic acids is 1. The molecule has 0 unspecified atom stereocenters. The first-order valence-corrected chi connectivity index (χ1v) is 6.50. The van der Waals surface area contributed by atoms with Crippen LogP contribution in [-0.4, -0.2) is 11.0 Å². The van der Waals surface area contributed by atoms with E-state index in [-0.39, 0.29) is 6.03 Å². The predicted molar refractivity (Wildman–Crippen MR) is 82.4 cm³/mol. The highest BCUT2D eigenvalue weighted by Gasteiger charge is 2.08. The first kappa shape index (κ1) is 12.6. The van der Waals surface area contributed by atoms with Gasteiger partial charge >= 0.3 is 6.03 Å². The molecule has 0 aliphatic heterocycles. The van der Waals surface area contributed by atoms with Gasteiger partial charge in [0.15, 0.2) is 0 Å². The zero-order chi connectivity index (χ0) is 13.9. The number of aromatic nitrogens is 1. The second-order valence-corrected chi connectivity index (χ2v) is 4.71. The highest BCUT2D eigenvalue weighted by Crippen LogP contribution is 2.24. The van der Waals surface area contributed by atoms with Crippen LogP contribution in [0.4, 0.5) is 16.2 Å². The molecular weight excluding hydrogens is 274 g/mol. The number of urea groups is 1. The molecule has 4 nitrogen and oxygen atoms in total. The quantitative estimate of drug-likeness (QED) is 0.639. The number of H-pyrrole nitrogens is 1. The molecule has 3 N–H and O–H groups in total. The average Bonchev–Trinajstić information content (AvgIpc) is 2.85. The van der Waals surface area contributed by atoms with Crippen molar-refractivity contribution in [3.05, 3.63) is 59.8 Å². The standard InChI is InChI=1S/C15H12ClN3O/c16-11-6-2-4-8-13(11)18-15(20)19-14-9-17-12-7-3-1-5-10(12)14/h1-9,17H,(H2,18,19,20). The summed E-state index contributed by atoms with van der Waals surface area (Å²) in [6.45, 7) is 0. The van der Waals surface area contributed by atoms with E-state index in [2.05, 4.69) is 15.6 Å². The van der Waals surface area contributed by atoms with E-state index in [9.17, 15) is 4.79 Å². The Kier molecular flexibility index (Phi) is 3.31. The molecule has 0 bridgehead atoms. The van der Waals surface area contributed by atoms with Crippen molar-refractivity contribution in [3.63, 3.8) is 0 Å². The minimum absolute atomic E-state index is 0.331. The summed E-state index contributed by atoms with van der Waals surface area (Å²) in [6, 6.07) is 14.5. The van der Waals surface area contributed by atoms with Crippen LogP contribution in [-0.2, 0) is 0 Å². The summed E-state index contributed by atoms with van der Waals surface area (Å²) >= 11 is 6.00. The molecule has 3 aromatic rings. The largest absolute Gasteiger partial charge is 0.359 e. The van der Waals surface area contributed by atoms with Crippen molar-refractivity contribution in [3.8, 4) is 0 Å². The first-order chi connectivity index (χ1) is 9.74. The van der Waals surface area contributed by atoms with Gasteiger partial charge in [0.25, 0.3) is 0 Å². The molecule has 0 aliphatic carbocycles. The van der Waals surface area contributed by atoms with Gasteiger partial charge in [-0.15, -0.1) is 0 Å². The van der Waals surface area contributed by atoms with E-state index in [1.165, 1.54) is 0 Å². The van der Waals surface area contributed by atoms with E-state index in [0.29, 0.717) is 10.7 Å². The molecule has 0 atom stereocenters. The molecule has 2 aromatic carbocycles. The molecule has 3 rings (SSSR count). The Labute approximate surface area is 120 Å². The van der Waals surface area contributed by atoms with Crippen LogP contribution in [0, 0.1) is 0 Å². The number of amides is 2. The summed E-state index contributed by atoms with van der Waals surface area (Å²) in [5.74, 6) is 0. The highest BCUT2D eigenvalue weighted by molar-refractivity contribution is 6.33. The number of aromatic amines is 1. The molecule has 0 saturated heterocycles. The zero-order valence-corrected chi connectivity index (χ0v) is 11.2. The number of benzene rings is 2. The number of fused-ring (bicyclic) bond motifs is 1. The molecule has 5 heteroatoms. The summed E-state index contributed by atoms with van der Waals surface area (Å²) in [5, 5.41) is 6.98. The highest BCUT2D eigenvalue weighted by atomic mass is 35.5. The van der Waals surface area contributed by atoms with Crippen molar-refractivity contribution in [2.24, 2.45) is 0 Å². The molecule has 0 fully saturated rings. The van der Waals surface area contributed by atoms with Crippen molar-refractivity contribution < 1.29 is 4.79 Å². The molecule has 100 valence electrons. The molecule has 0 saturated carbocycles. The van der Waals surface area contributed by atoms with E-state index in [1.54, 1.807) is 18.3 Å². The molecule has 2 amide bonds. The number of anilines is 2. The first-order valence-electron chi connectivity index (χ1n) is 6.13. The maximum absolute atomic E-state index is 12.0. The summed E-state index contributed by atoms with van der Waals surface area (Å²) in [5.41, 5.74) is 2.28. The Morgan fingerprint density at radius 1 is 0.950 bits per heavy atom. The van der Waals surface area contributed by atoms with Gasteiger partial charge in [0, 0.05) is 17.1 Å². The zero-order valence-electron chi connectivity index (χ0n) is 10.5. The van der Waals surface area contributed by atoms with Crippen LogP contribution in [0.2, 0.25) is 5.02 Å². The predicted octanol–water partition coefficient (Wildman–Crippen LogP) is 4.47. The molecule has 1 heterocycles. The number of halogens is 1. The maximum atomic E-state index is 12.0. The van der Waals surface area contributed by atoms with Gasteiger partial charge in [0.05, 0.1) is 16.4 Å². The summed E-state index contributed by atoms with van der Waals surface area (Å²) in [6.07, 6.45) is 1.76. The van der Waals surface area contributed by atoms with Gasteiger partial charge in [-0.25, -0.2) is 4.79 Å². The van der Waals surface area contributed by atoms with Crippen molar-refractivity contribution in [2.45, 2.75) is 0 Å². The fourth-order valence-electron chi connectivity index (χ4n) is 2.01.